The number of hydrogen-bond donors (Lipinski definition) is 1. The van der Waals surface area contributed by atoms with Gasteiger partial charge in [0.05, 0.1) is 35.0 Å². The summed E-state index contributed by atoms with van der Waals surface area (Å²) >= 11 is 0. The van der Waals surface area contributed by atoms with Crippen molar-refractivity contribution in [3.63, 3.8) is 0 Å². The van der Waals surface area contributed by atoms with E-state index in [1.165, 1.54) is 10.6 Å². The van der Waals surface area contributed by atoms with Gasteiger partial charge in [0.15, 0.2) is 11.6 Å². The molecule has 5 rings (SSSR count). The molecule has 3 aromatic heterocycles. The summed E-state index contributed by atoms with van der Waals surface area (Å²) in [5.74, 6) is -2.01. The molecule has 4 aromatic rings. The van der Waals surface area contributed by atoms with Crippen LogP contribution in [0.25, 0.3) is 33.2 Å². The molecule has 0 radical (unpaired) electrons. The first-order valence-corrected chi connectivity index (χ1v) is 12.0. The van der Waals surface area contributed by atoms with E-state index in [9.17, 15) is 22.5 Å². The van der Waals surface area contributed by atoms with Crippen LogP contribution in [0.4, 0.5) is 8.78 Å². The minimum atomic E-state index is -3.45. The molecule has 1 aromatic carbocycles. The van der Waals surface area contributed by atoms with Crippen molar-refractivity contribution in [1.82, 2.24) is 23.8 Å². The molecule has 0 aliphatic carbocycles. The zero-order valence-corrected chi connectivity index (χ0v) is 18.5. The predicted octanol–water partition coefficient (Wildman–Crippen LogP) is 3.52. The second-order valence-corrected chi connectivity index (χ2v) is 10.4. The van der Waals surface area contributed by atoms with Crippen molar-refractivity contribution in [3.8, 4) is 17.3 Å². The Bertz CT molecular complexity index is 1530. The van der Waals surface area contributed by atoms with E-state index >= 15 is 0 Å². The van der Waals surface area contributed by atoms with Crippen molar-refractivity contribution < 1.29 is 17.2 Å². The van der Waals surface area contributed by atoms with Gasteiger partial charge in [-0.25, -0.2) is 27.2 Å². The van der Waals surface area contributed by atoms with Gasteiger partial charge >= 0.3 is 0 Å². The smallest absolute Gasteiger partial charge is 0.214 e. The van der Waals surface area contributed by atoms with Crippen LogP contribution in [0.1, 0.15) is 19.8 Å². The number of fused-ring (bicyclic) bond motifs is 2. The van der Waals surface area contributed by atoms with E-state index in [0.717, 1.165) is 12.1 Å². The van der Waals surface area contributed by atoms with Crippen LogP contribution in [0, 0.1) is 23.0 Å². The normalized spacial score (nSPS) is 16.2. The van der Waals surface area contributed by atoms with Gasteiger partial charge in [-0.3, -0.25) is 0 Å². The highest BCUT2D eigenvalue weighted by atomic mass is 32.2. The third-order valence-electron chi connectivity index (χ3n) is 6.17. The van der Waals surface area contributed by atoms with Crippen LogP contribution in [-0.4, -0.2) is 51.1 Å². The van der Waals surface area contributed by atoms with Crippen LogP contribution >= 0.6 is 0 Å². The summed E-state index contributed by atoms with van der Waals surface area (Å²) in [4.78, 5) is 11.6. The minimum absolute atomic E-state index is 0.0106. The van der Waals surface area contributed by atoms with Crippen LogP contribution < -0.4 is 0 Å². The quantitative estimate of drug-likeness (QED) is 0.464. The lowest BCUT2D eigenvalue weighted by Crippen LogP contribution is -2.64. The van der Waals surface area contributed by atoms with Crippen LogP contribution in [0.5, 0.6) is 0 Å². The molecular weight excluding hydrogens is 450 g/mol. The Morgan fingerprint density at radius 1 is 1.21 bits per heavy atom. The number of H-pyrrole nitrogens is 1. The number of nitriles is 1. The highest BCUT2D eigenvalue weighted by molar-refractivity contribution is 7.89. The predicted molar refractivity (Wildman–Crippen MR) is 119 cm³/mol. The zero-order chi connectivity index (χ0) is 23.4. The van der Waals surface area contributed by atoms with Crippen LogP contribution in [0.2, 0.25) is 0 Å². The van der Waals surface area contributed by atoms with Crippen molar-refractivity contribution in [3.05, 3.63) is 48.6 Å². The van der Waals surface area contributed by atoms with Gasteiger partial charge in [0.1, 0.15) is 12.0 Å². The molecule has 1 aliphatic rings. The maximum atomic E-state index is 14.3. The summed E-state index contributed by atoms with van der Waals surface area (Å²) in [5, 5.41) is 10.7. The molecule has 1 N–H and O–H groups in total. The molecule has 1 saturated heterocycles. The third-order valence-corrected chi connectivity index (χ3v) is 8.14. The largest absolute Gasteiger partial charge is 0.346 e. The van der Waals surface area contributed by atoms with E-state index in [-0.39, 0.29) is 25.3 Å². The summed E-state index contributed by atoms with van der Waals surface area (Å²) < 4.78 is 56.7. The lowest BCUT2D eigenvalue weighted by atomic mass is 9.88. The first kappa shape index (κ1) is 21.5. The van der Waals surface area contributed by atoms with E-state index in [4.69, 9.17) is 0 Å². The van der Waals surface area contributed by atoms with Crippen molar-refractivity contribution in [1.29, 1.82) is 5.26 Å². The van der Waals surface area contributed by atoms with Gasteiger partial charge in [0, 0.05) is 47.9 Å². The van der Waals surface area contributed by atoms with Crippen molar-refractivity contribution >= 4 is 32.0 Å². The second kappa shape index (κ2) is 7.60. The average Bonchev–Trinajstić information content (AvgIpc) is 3.36. The summed E-state index contributed by atoms with van der Waals surface area (Å²) in [6.45, 7) is 1.94. The monoisotopic (exact) mass is 470 g/mol. The van der Waals surface area contributed by atoms with Gasteiger partial charge in [-0.15, -0.1) is 0 Å². The van der Waals surface area contributed by atoms with Crippen LogP contribution in [0.3, 0.4) is 0 Å². The molecular formula is C22H20F2N6O2S. The lowest BCUT2D eigenvalue weighted by molar-refractivity contribution is 0.0891. The summed E-state index contributed by atoms with van der Waals surface area (Å²) in [7, 11) is -3.45. The molecule has 1 fully saturated rings. The summed E-state index contributed by atoms with van der Waals surface area (Å²) in [5.41, 5.74) is 1.13. The number of benzene rings is 1. The Morgan fingerprint density at radius 2 is 1.97 bits per heavy atom. The number of rotatable bonds is 6. The first-order valence-electron chi connectivity index (χ1n) is 10.4. The molecule has 4 heterocycles. The molecule has 0 bridgehead atoms. The number of nitrogens with one attached hydrogen (secondary N) is 1. The molecule has 8 nitrogen and oxygen atoms in total. The summed E-state index contributed by atoms with van der Waals surface area (Å²) in [6.07, 6.45) is 5.29. The van der Waals surface area contributed by atoms with E-state index in [0.29, 0.717) is 39.6 Å². The minimum Gasteiger partial charge on any atom is -0.346 e. The van der Waals surface area contributed by atoms with Crippen molar-refractivity contribution in [2.24, 2.45) is 0 Å². The first-order chi connectivity index (χ1) is 15.8. The van der Waals surface area contributed by atoms with E-state index in [2.05, 4.69) is 21.0 Å². The third kappa shape index (κ3) is 3.29. The molecule has 0 atom stereocenters. The lowest BCUT2D eigenvalue weighted by Gasteiger charge is -2.49. The Morgan fingerprint density at radius 3 is 2.70 bits per heavy atom. The zero-order valence-electron chi connectivity index (χ0n) is 17.7. The number of aromatic amines is 1. The molecule has 0 amide bonds. The highest BCUT2D eigenvalue weighted by Crippen LogP contribution is 2.42. The van der Waals surface area contributed by atoms with E-state index in [1.807, 2.05) is 0 Å². The van der Waals surface area contributed by atoms with Crippen LogP contribution in [-0.2, 0) is 15.6 Å². The van der Waals surface area contributed by atoms with Gasteiger partial charge in [-0.2, -0.15) is 9.57 Å². The Labute approximate surface area is 188 Å². The SMILES string of the molecule is CCCS(=O)(=O)N1CC(CC#N)(n2cc(-c3ncnc4[nH]ccc34)c3cc(F)c(F)cc32)C1. The number of halogens is 2. The topological polar surface area (TPSA) is 108 Å². The number of aromatic nitrogens is 4. The Kier molecular flexibility index (Phi) is 4.95. The number of nitrogens with zero attached hydrogens (tertiary/aromatic N) is 5. The molecule has 33 heavy (non-hydrogen) atoms. The fourth-order valence-electron chi connectivity index (χ4n) is 4.58. The maximum absolute atomic E-state index is 14.3. The van der Waals surface area contributed by atoms with Crippen LogP contribution in [0.15, 0.2) is 36.9 Å². The number of hydrogen-bond acceptors (Lipinski definition) is 5. The summed E-state index contributed by atoms with van der Waals surface area (Å²) in [6, 6.07) is 6.13. The fraction of sp³-hybridized carbons (Fsp3) is 0.318. The number of sulfonamides is 1. The Hall–Kier alpha value is -3.36. The Balaban J connectivity index is 1.71. The molecule has 170 valence electrons. The standard InChI is InChI=1S/C22H20F2N6O2S/c1-2-7-33(31,32)29-11-22(12-29,4-5-25)30-10-16(15-8-17(23)18(24)9-19(15)30)20-14-3-6-26-21(14)28-13-27-20/h3,6,8-10,13H,2,4,7,11-12H2,1H3,(H,26,27,28). The molecule has 0 unspecified atom stereocenters. The molecule has 1 aliphatic heterocycles. The molecule has 0 saturated carbocycles. The van der Waals surface area contributed by atoms with Crippen molar-refractivity contribution in [2.75, 3.05) is 18.8 Å². The van der Waals surface area contributed by atoms with Crippen molar-refractivity contribution in [2.45, 2.75) is 25.3 Å². The van der Waals surface area contributed by atoms with Gasteiger partial charge in [0.2, 0.25) is 10.0 Å². The van der Waals surface area contributed by atoms with Gasteiger partial charge in [0.25, 0.3) is 0 Å². The fourth-order valence-corrected chi connectivity index (χ4v) is 6.23. The molecule has 11 heteroatoms. The second-order valence-electron chi connectivity index (χ2n) is 8.30. The average molecular weight is 471 g/mol. The van der Waals surface area contributed by atoms with Gasteiger partial charge in [-0.05, 0) is 18.6 Å². The molecule has 0 spiro atoms. The highest BCUT2D eigenvalue weighted by Gasteiger charge is 2.49. The maximum Gasteiger partial charge on any atom is 0.214 e. The van der Waals surface area contributed by atoms with Gasteiger partial charge in [-0.1, -0.05) is 6.92 Å². The van der Waals surface area contributed by atoms with Gasteiger partial charge < -0.3 is 9.55 Å². The van der Waals surface area contributed by atoms with E-state index in [1.54, 1.807) is 30.0 Å². The van der Waals surface area contributed by atoms with E-state index < -0.39 is 27.2 Å².